The molecule has 1 amide bonds. The Kier molecular flexibility index (Phi) is 3.28. The van der Waals surface area contributed by atoms with Crippen LogP contribution in [0.5, 0.6) is 5.75 Å². The van der Waals surface area contributed by atoms with E-state index in [0.717, 1.165) is 0 Å². The smallest absolute Gasteiger partial charge is 0.239 e. The van der Waals surface area contributed by atoms with Gasteiger partial charge in [-0.3, -0.25) is 4.79 Å². The Morgan fingerprint density at radius 3 is 3.00 bits per heavy atom. The number of methoxy groups -OCH3 is 1. The molecule has 0 fully saturated rings. The highest BCUT2D eigenvalue weighted by atomic mass is 16.5. The third-order valence-electron chi connectivity index (χ3n) is 1.77. The molecule has 1 aromatic heterocycles. The molecule has 0 saturated heterocycles. The summed E-state index contributed by atoms with van der Waals surface area (Å²) < 4.78 is 5.05. The van der Waals surface area contributed by atoms with E-state index in [4.69, 9.17) is 10.5 Å². The summed E-state index contributed by atoms with van der Waals surface area (Å²) in [7, 11) is 1.54. The molecule has 5 heteroatoms. The van der Waals surface area contributed by atoms with Gasteiger partial charge in [-0.05, 0) is 19.1 Å². The Hall–Kier alpha value is -1.78. The maximum absolute atomic E-state index is 10.8. The van der Waals surface area contributed by atoms with Gasteiger partial charge in [-0.1, -0.05) is 0 Å². The quantitative estimate of drug-likeness (QED) is 0.728. The van der Waals surface area contributed by atoms with Gasteiger partial charge in [0, 0.05) is 6.20 Å². The van der Waals surface area contributed by atoms with Crippen LogP contribution in [0.4, 0.5) is 5.82 Å². The number of primary amides is 1. The first-order chi connectivity index (χ1) is 6.65. The van der Waals surface area contributed by atoms with Crippen LogP contribution in [0.1, 0.15) is 6.92 Å². The molecule has 0 aliphatic carbocycles. The summed E-state index contributed by atoms with van der Waals surface area (Å²) in [5.41, 5.74) is 5.11. The van der Waals surface area contributed by atoms with E-state index in [-0.39, 0.29) is 0 Å². The van der Waals surface area contributed by atoms with E-state index >= 15 is 0 Å². The molecule has 0 aliphatic rings. The van der Waals surface area contributed by atoms with Crippen LogP contribution in [0.25, 0.3) is 0 Å². The number of aromatic nitrogens is 1. The van der Waals surface area contributed by atoms with Crippen LogP contribution in [0.3, 0.4) is 0 Å². The molecular weight excluding hydrogens is 182 g/mol. The molecule has 5 nitrogen and oxygen atoms in total. The monoisotopic (exact) mass is 195 g/mol. The summed E-state index contributed by atoms with van der Waals surface area (Å²) in [6.07, 6.45) is 1.61. The average Bonchev–Trinajstić information content (AvgIpc) is 2.18. The van der Waals surface area contributed by atoms with Gasteiger partial charge in [0.05, 0.1) is 7.11 Å². The SMILES string of the molecule is COc1cccnc1NC(C)C(N)=O. The number of hydrogen-bond donors (Lipinski definition) is 2. The average molecular weight is 195 g/mol. The van der Waals surface area contributed by atoms with Crippen molar-refractivity contribution in [3.8, 4) is 5.75 Å². The topological polar surface area (TPSA) is 77.2 Å². The van der Waals surface area contributed by atoms with E-state index in [1.807, 2.05) is 0 Å². The highest BCUT2D eigenvalue weighted by molar-refractivity contribution is 5.82. The predicted molar refractivity (Wildman–Crippen MR) is 53.1 cm³/mol. The van der Waals surface area contributed by atoms with E-state index in [2.05, 4.69) is 10.3 Å². The van der Waals surface area contributed by atoms with E-state index < -0.39 is 11.9 Å². The van der Waals surface area contributed by atoms with Gasteiger partial charge in [-0.25, -0.2) is 4.98 Å². The highest BCUT2D eigenvalue weighted by Crippen LogP contribution is 2.20. The first-order valence-electron chi connectivity index (χ1n) is 4.20. The molecular formula is C9H13N3O2. The van der Waals surface area contributed by atoms with Crippen molar-refractivity contribution in [2.45, 2.75) is 13.0 Å². The van der Waals surface area contributed by atoms with Crippen molar-refractivity contribution < 1.29 is 9.53 Å². The lowest BCUT2D eigenvalue weighted by Gasteiger charge is -2.13. The molecule has 0 aromatic carbocycles. The van der Waals surface area contributed by atoms with Gasteiger partial charge in [-0.15, -0.1) is 0 Å². The number of carbonyl (C=O) groups excluding carboxylic acids is 1. The van der Waals surface area contributed by atoms with Gasteiger partial charge < -0.3 is 15.8 Å². The van der Waals surface area contributed by atoms with E-state index in [1.165, 1.54) is 7.11 Å². The van der Waals surface area contributed by atoms with Crippen molar-refractivity contribution >= 4 is 11.7 Å². The molecule has 1 unspecified atom stereocenters. The summed E-state index contributed by atoms with van der Waals surface area (Å²) >= 11 is 0. The Bertz CT molecular complexity index is 328. The summed E-state index contributed by atoms with van der Waals surface area (Å²) in [5, 5.41) is 2.85. The molecule has 0 radical (unpaired) electrons. The summed E-state index contributed by atoms with van der Waals surface area (Å²) in [4.78, 5) is 14.8. The van der Waals surface area contributed by atoms with Crippen LogP contribution in [0.15, 0.2) is 18.3 Å². The zero-order valence-corrected chi connectivity index (χ0v) is 8.15. The summed E-state index contributed by atoms with van der Waals surface area (Å²) in [6, 6.07) is 3.03. The van der Waals surface area contributed by atoms with Crippen LogP contribution in [-0.4, -0.2) is 24.0 Å². The minimum atomic E-state index is -0.473. The standard InChI is InChI=1S/C9H13N3O2/c1-6(8(10)13)12-9-7(14-2)4-3-5-11-9/h3-6H,1-2H3,(H2,10,13)(H,11,12). The molecule has 0 spiro atoms. The van der Waals surface area contributed by atoms with Crippen LogP contribution in [-0.2, 0) is 4.79 Å². The number of ether oxygens (including phenoxy) is 1. The van der Waals surface area contributed by atoms with Crippen LogP contribution >= 0.6 is 0 Å². The fourth-order valence-electron chi connectivity index (χ4n) is 0.940. The number of amides is 1. The van der Waals surface area contributed by atoms with E-state index in [9.17, 15) is 4.79 Å². The largest absolute Gasteiger partial charge is 0.493 e. The van der Waals surface area contributed by atoms with Crippen molar-refractivity contribution in [1.82, 2.24) is 4.98 Å². The van der Waals surface area contributed by atoms with Crippen LogP contribution < -0.4 is 15.8 Å². The van der Waals surface area contributed by atoms with Crippen molar-refractivity contribution in [3.05, 3.63) is 18.3 Å². The van der Waals surface area contributed by atoms with Gasteiger partial charge >= 0.3 is 0 Å². The lowest BCUT2D eigenvalue weighted by molar-refractivity contribution is -0.118. The molecule has 1 atom stereocenters. The number of nitrogens with one attached hydrogen (secondary N) is 1. The van der Waals surface area contributed by atoms with Crippen LogP contribution in [0.2, 0.25) is 0 Å². The molecule has 3 N–H and O–H groups in total. The highest BCUT2D eigenvalue weighted by Gasteiger charge is 2.11. The maximum atomic E-state index is 10.8. The van der Waals surface area contributed by atoms with Gasteiger partial charge in [0.15, 0.2) is 11.6 Å². The third kappa shape index (κ3) is 2.35. The number of rotatable bonds is 4. The Labute approximate surface area is 82.3 Å². The molecule has 1 heterocycles. The zero-order valence-electron chi connectivity index (χ0n) is 8.15. The molecule has 14 heavy (non-hydrogen) atoms. The van der Waals surface area contributed by atoms with Crippen molar-refractivity contribution in [2.24, 2.45) is 5.73 Å². The minimum absolute atomic E-state index is 0.433. The van der Waals surface area contributed by atoms with Crippen molar-refractivity contribution in [3.63, 3.8) is 0 Å². The van der Waals surface area contributed by atoms with E-state index in [1.54, 1.807) is 25.3 Å². The number of nitrogens with zero attached hydrogens (tertiary/aromatic N) is 1. The second-order valence-electron chi connectivity index (χ2n) is 2.82. The number of pyridine rings is 1. The fourth-order valence-corrected chi connectivity index (χ4v) is 0.940. The minimum Gasteiger partial charge on any atom is -0.493 e. The zero-order chi connectivity index (χ0) is 10.6. The van der Waals surface area contributed by atoms with Crippen molar-refractivity contribution in [2.75, 3.05) is 12.4 Å². The van der Waals surface area contributed by atoms with E-state index in [0.29, 0.717) is 11.6 Å². The molecule has 0 saturated carbocycles. The first-order valence-corrected chi connectivity index (χ1v) is 4.20. The third-order valence-corrected chi connectivity index (χ3v) is 1.77. The number of anilines is 1. The lowest BCUT2D eigenvalue weighted by atomic mass is 10.3. The lowest BCUT2D eigenvalue weighted by Crippen LogP contribution is -2.32. The summed E-state index contributed by atoms with van der Waals surface area (Å²) in [5.74, 6) is 0.666. The van der Waals surface area contributed by atoms with Crippen LogP contribution in [0, 0.1) is 0 Å². The fraction of sp³-hybridized carbons (Fsp3) is 0.333. The van der Waals surface area contributed by atoms with Gasteiger partial charge in [0.25, 0.3) is 0 Å². The van der Waals surface area contributed by atoms with Gasteiger partial charge in [0.2, 0.25) is 5.91 Å². The molecule has 1 aromatic rings. The Morgan fingerprint density at radius 2 is 2.43 bits per heavy atom. The number of nitrogens with two attached hydrogens (primary N) is 1. The molecule has 0 bridgehead atoms. The Morgan fingerprint density at radius 1 is 1.71 bits per heavy atom. The van der Waals surface area contributed by atoms with Gasteiger partial charge in [0.1, 0.15) is 6.04 Å². The molecule has 1 rings (SSSR count). The number of carbonyl (C=O) groups is 1. The molecule has 76 valence electrons. The predicted octanol–water partition coefficient (Wildman–Crippen LogP) is 0.376. The maximum Gasteiger partial charge on any atom is 0.239 e. The normalized spacial score (nSPS) is 11.9. The van der Waals surface area contributed by atoms with Crippen molar-refractivity contribution in [1.29, 1.82) is 0 Å². The second-order valence-corrected chi connectivity index (χ2v) is 2.82. The Balaban J connectivity index is 2.80. The van der Waals surface area contributed by atoms with Gasteiger partial charge in [-0.2, -0.15) is 0 Å². The first kappa shape index (κ1) is 10.3. The number of hydrogen-bond acceptors (Lipinski definition) is 4. The molecule has 0 aliphatic heterocycles. The summed E-state index contributed by atoms with van der Waals surface area (Å²) in [6.45, 7) is 1.66. The second kappa shape index (κ2) is 4.45.